The lowest BCUT2D eigenvalue weighted by atomic mass is 10.00. The first-order chi connectivity index (χ1) is 32.2. The number of H-pyrrole nitrogens is 2. The number of nitrogens with zero attached hydrogens (tertiary/aromatic N) is 4. The molecule has 25 heteroatoms. The van der Waals surface area contributed by atoms with Crippen LogP contribution >= 0.6 is 23.2 Å². The molecule has 0 fully saturated rings. The molecular formula is C46H41Cl2F6N8O7S2+. The van der Waals surface area contributed by atoms with Gasteiger partial charge in [-0.3, -0.25) is 29.0 Å². The number of halogens is 8. The molecule has 2 aromatic carbocycles. The van der Waals surface area contributed by atoms with Crippen molar-refractivity contribution in [1.29, 1.82) is 0 Å². The average molecular weight is 1070 g/mol. The topological polar surface area (TPSA) is 221 Å². The maximum Gasteiger partial charge on any atom is 0.417 e. The van der Waals surface area contributed by atoms with Crippen LogP contribution in [0.2, 0.25) is 10.0 Å². The molecule has 5 N–H and O–H groups in total. The van der Waals surface area contributed by atoms with Crippen LogP contribution in [0.5, 0.6) is 0 Å². The molecule has 8 aromatic rings. The van der Waals surface area contributed by atoms with E-state index in [0.717, 1.165) is 29.0 Å². The van der Waals surface area contributed by atoms with E-state index in [1.54, 1.807) is 46.0 Å². The highest BCUT2D eigenvalue weighted by atomic mass is 35.5. The van der Waals surface area contributed by atoms with Gasteiger partial charge in [-0.15, -0.1) is 0 Å². The number of aromatic amines is 2. The second-order valence-corrected chi connectivity index (χ2v) is 19.5. The number of alkyl halides is 6. The minimum atomic E-state index is -4.87. The first-order valence-electron chi connectivity index (χ1n) is 19.6. The van der Waals surface area contributed by atoms with E-state index in [0.29, 0.717) is 50.8 Å². The molecule has 0 amide bonds. The summed E-state index contributed by atoms with van der Waals surface area (Å²) in [6.07, 6.45) is -1.06. The maximum absolute atomic E-state index is 13.5. The summed E-state index contributed by atoms with van der Waals surface area (Å²) < 4.78 is 137. The Bertz CT molecular complexity index is 3620. The van der Waals surface area contributed by atoms with Crippen molar-refractivity contribution >= 4 is 88.3 Å². The molecule has 0 bridgehead atoms. The predicted molar refractivity (Wildman–Crippen MR) is 254 cm³/mol. The lowest BCUT2D eigenvalue weighted by Crippen LogP contribution is -2.32. The number of benzene rings is 2. The number of sulfonamides is 2. The molecule has 0 aliphatic carbocycles. The Morgan fingerprint density at radius 2 is 1.06 bits per heavy atom. The van der Waals surface area contributed by atoms with E-state index < -0.39 is 74.9 Å². The minimum absolute atomic E-state index is 0. The number of aromatic nitrogens is 6. The van der Waals surface area contributed by atoms with Crippen LogP contribution in [-0.4, -0.2) is 58.5 Å². The van der Waals surface area contributed by atoms with Crippen molar-refractivity contribution < 1.29 is 62.7 Å². The molecule has 0 radical (unpaired) electrons. The average Bonchev–Trinajstić information content (AvgIpc) is 3.94. The Morgan fingerprint density at radius 1 is 0.620 bits per heavy atom. The van der Waals surface area contributed by atoms with Gasteiger partial charge in [-0.1, -0.05) is 42.8 Å². The van der Waals surface area contributed by atoms with Crippen molar-refractivity contribution in [2.24, 2.45) is 0 Å². The summed E-state index contributed by atoms with van der Waals surface area (Å²) in [6.45, 7) is 6.49. The van der Waals surface area contributed by atoms with Crippen molar-refractivity contribution in [3.8, 4) is 0 Å². The van der Waals surface area contributed by atoms with Crippen LogP contribution in [0.15, 0.2) is 108 Å². The van der Waals surface area contributed by atoms with Crippen LogP contribution in [0.25, 0.3) is 22.1 Å². The predicted octanol–water partition coefficient (Wildman–Crippen LogP) is 11.0. The monoisotopic (exact) mass is 1070 g/mol. The highest BCUT2D eigenvalue weighted by molar-refractivity contribution is 7.93. The minimum Gasteiger partial charge on any atom is -0.350 e. The molecule has 0 aliphatic rings. The highest BCUT2D eigenvalue weighted by Gasteiger charge is 2.36. The molecule has 374 valence electrons. The maximum atomic E-state index is 13.5. The first-order valence-corrected chi connectivity index (χ1v) is 23.4. The number of anilines is 2. The SMILES string of the molecule is C.C.Cc1cnc(C(=O)c2c(C)c[n+](O)c3[nH]ccc23)c(NS(=O)(=O)c2ccc(Cl)c(C(F)(F)F)c2)c1.Cc1cnc(C(=O)c2c(C)cnc3[nH]ccc23)c(NS(=O)(=O)c2ccc(Cl)c(C(F)(F)F)c2)c1. The molecule has 6 heterocycles. The van der Waals surface area contributed by atoms with Gasteiger partial charge >= 0.3 is 18.0 Å². The number of fused-ring (bicyclic) bond motifs is 2. The van der Waals surface area contributed by atoms with Crippen molar-refractivity contribution in [3.63, 3.8) is 0 Å². The number of carbonyl (C=O) groups excluding carboxylic acids is 2. The molecule has 0 saturated carbocycles. The number of aryl methyl sites for hydroxylation is 4. The quantitative estimate of drug-likeness (QED) is 0.0377. The van der Waals surface area contributed by atoms with Gasteiger partial charge in [-0.2, -0.15) is 26.3 Å². The molecule has 0 aliphatic heterocycles. The summed E-state index contributed by atoms with van der Waals surface area (Å²) >= 11 is 11.2. The normalized spacial score (nSPS) is 11.8. The molecule has 0 unspecified atom stereocenters. The fourth-order valence-corrected chi connectivity index (χ4v) is 9.68. The fourth-order valence-electron chi connectivity index (χ4n) is 7.06. The molecule has 8 rings (SSSR count). The zero-order chi connectivity index (χ0) is 50.5. The number of ketones is 2. The van der Waals surface area contributed by atoms with E-state index in [2.05, 4.69) is 34.4 Å². The summed E-state index contributed by atoms with van der Waals surface area (Å²) in [5, 5.41) is 9.66. The van der Waals surface area contributed by atoms with E-state index >= 15 is 0 Å². The van der Waals surface area contributed by atoms with Crippen molar-refractivity contribution in [3.05, 3.63) is 164 Å². The van der Waals surface area contributed by atoms with Gasteiger partial charge in [-0.05, 0) is 105 Å². The van der Waals surface area contributed by atoms with E-state index in [9.17, 15) is 58.0 Å². The van der Waals surface area contributed by atoms with Gasteiger partial charge in [-0.25, -0.2) is 26.8 Å². The molecule has 71 heavy (non-hydrogen) atoms. The third kappa shape index (κ3) is 11.3. The van der Waals surface area contributed by atoms with Gasteiger partial charge in [0.15, 0.2) is 0 Å². The summed E-state index contributed by atoms with van der Waals surface area (Å²) in [5.41, 5.74) is -0.408. The Kier molecular flexibility index (Phi) is 15.7. The molecule has 0 saturated heterocycles. The number of rotatable bonds is 10. The molecule has 15 nitrogen and oxygen atoms in total. The largest absolute Gasteiger partial charge is 0.417 e. The molecule has 0 atom stereocenters. The van der Waals surface area contributed by atoms with Gasteiger partial charge in [0.25, 0.3) is 20.0 Å². The fraction of sp³-hybridized carbons (Fsp3) is 0.174. The van der Waals surface area contributed by atoms with Crippen LogP contribution < -0.4 is 14.2 Å². The van der Waals surface area contributed by atoms with E-state index in [4.69, 9.17) is 23.2 Å². The van der Waals surface area contributed by atoms with Gasteiger partial charge in [0.1, 0.15) is 23.2 Å². The van der Waals surface area contributed by atoms with Crippen molar-refractivity contribution in [1.82, 2.24) is 24.9 Å². The third-order valence-corrected chi connectivity index (χ3v) is 13.6. The molecular weight excluding hydrogens is 1030 g/mol. The molecule has 6 aromatic heterocycles. The smallest absolute Gasteiger partial charge is 0.350 e. The van der Waals surface area contributed by atoms with Crippen LogP contribution in [0, 0.1) is 27.7 Å². The Balaban J connectivity index is 0.000000257. The van der Waals surface area contributed by atoms with Gasteiger partial charge in [0.2, 0.25) is 11.6 Å². The summed E-state index contributed by atoms with van der Waals surface area (Å²) in [4.78, 5) is 43.7. The summed E-state index contributed by atoms with van der Waals surface area (Å²) in [5.74, 6) is -1.23. The lowest BCUT2D eigenvalue weighted by Gasteiger charge is -2.15. The van der Waals surface area contributed by atoms with Crippen LogP contribution in [0.1, 0.15) is 80.3 Å². The van der Waals surface area contributed by atoms with Gasteiger partial charge in [0, 0.05) is 46.9 Å². The summed E-state index contributed by atoms with van der Waals surface area (Å²) in [6, 6.07) is 10.4. The van der Waals surface area contributed by atoms with Gasteiger partial charge < -0.3 is 10.2 Å². The Labute approximate surface area is 412 Å². The van der Waals surface area contributed by atoms with Crippen LogP contribution in [0.4, 0.5) is 37.7 Å². The standard InChI is InChI=1S/C22H16ClF3N4O4S.C22H16ClF3N4O3S.2CH4/c1-11-7-17(29-35(33,34)13-3-4-16(23)15(8-13)22(24,25)26)19(28-9-11)20(31)18-12(2)10-30(32)21-14(18)5-6-27-21;1-11-7-17(30-34(32,33)13-3-4-16(23)15(8-13)22(24,25)26)19(28-9-11)20(31)18-12(2)10-29-21-14(18)5-6-27-21;;/h3-10,32H,1-2H3,(H,29,31);3-10,30H,1-2H3,(H,27,29);2*1H4/p+1. The van der Waals surface area contributed by atoms with Crippen molar-refractivity contribution in [2.75, 3.05) is 9.44 Å². The second kappa shape index (κ2) is 20.3. The zero-order valence-electron chi connectivity index (χ0n) is 35.8. The third-order valence-electron chi connectivity index (χ3n) is 10.2. The first kappa shape index (κ1) is 54.9. The Morgan fingerprint density at radius 3 is 1.52 bits per heavy atom. The van der Waals surface area contributed by atoms with Crippen LogP contribution in [0.3, 0.4) is 0 Å². The zero-order valence-corrected chi connectivity index (χ0v) is 38.9. The highest BCUT2D eigenvalue weighted by Crippen LogP contribution is 2.38. The van der Waals surface area contributed by atoms with Gasteiger partial charge in [0.05, 0.1) is 53.9 Å². The number of hydrogen-bond donors (Lipinski definition) is 5. The van der Waals surface area contributed by atoms with Crippen LogP contribution in [-0.2, 0) is 32.4 Å². The van der Waals surface area contributed by atoms with E-state index in [1.807, 2.05) is 0 Å². The van der Waals surface area contributed by atoms with E-state index in [-0.39, 0.29) is 54.4 Å². The number of pyridine rings is 4. The second-order valence-electron chi connectivity index (χ2n) is 15.3. The summed E-state index contributed by atoms with van der Waals surface area (Å²) in [7, 11) is -9.10. The number of hydrogen-bond acceptors (Lipinski definition) is 10. The van der Waals surface area contributed by atoms with Crippen molar-refractivity contribution in [2.45, 2.75) is 64.7 Å². The van der Waals surface area contributed by atoms with E-state index in [1.165, 1.54) is 43.1 Å². The Hall–Kier alpha value is -7.08. The number of carbonyl (C=O) groups is 2. The molecule has 0 spiro atoms. The number of nitrogens with one attached hydrogen (secondary N) is 4. The lowest BCUT2D eigenvalue weighted by molar-refractivity contribution is -0.886.